The predicted octanol–water partition coefficient (Wildman–Crippen LogP) is 3.05. The molecule has 1 amide bonds. The van der Waals surface area contributed by atoms with Crippen molar-refractivity contribution in [3.05, 3.63) is 30.1 Å². The standard InChI is InChI=1S/C16H24N2O/c1-2-18(13-10-14-8-11-17-12-9-14)16(19)15-6-4-3-5-7-15/h8-9,11-12,15H,2-7,10,13H2,1H3. The fourth-order valence-electron chi connectivity index (χ4n) is 2.85. The van der Waals surface area contributed by atoms with Gasteiger partial charge in [-0.15, -0.1) is 0 Å². The van der Waals surface area contributed by atoms with E-state index in [1.807, 2.05) is 29.4 Å². The van der Waals surface area contributed by atoms with E-state index in [1.54, 1.807) is 0 Å². The maximum absolute atomic E-state index is 12.5. The van der Waals surface area contributed by atoms with Crippen LogP contribution in [-0.4, -0.2) is 28.9 Å². The first-order valence-corrected chi connectivity index (χ1v) is 7.49. The number of hydrogen-bond acceptors (Lipinski definition) is 2. The van der Waals surface area contributed by atoms with E-state index in [9.17, 15) is 4.79 Å². The second-order valence-electron chi connectivity index (χ2n) is 5.36. The molecule has 0 radical (unpaired) electrons. The number of likely N-dealkylation sites (N-methyl/N-ethyl adjacent to an activating group) is 1. The molecule has 0 spiro atoms. The summed E-state index contributed by atoms with van der Waals surface area (Å²) in [5.74, 6) is 0.655. The Balaban J connectivity index is 1.86. The predicted molar refractivity (Wildman–Crippen MR) is 76.8 cm³/mol. The van der Waals surface area contributed by atoms with Crippen LogP contribution in [0.3, 0.4) is 0 Å². The van der Waals surface area contributed by atoms with Gasteiger partial charge in [-0.25, -0.2) is 0 Å². The molecule has 1 aromatic heterocycles. The van der Waals surface area contributed by atoms with Crippen LogP contribution in [0.5, 0.6) is 0 Å². The van der Waals surface area contributed by atoms with Crippen LogP contribution in [0.2, 0.25) is 0 Å². The van der Waals surface area contributed by atoms with E-state index in [1.165, 1.54) is 24.8 Å². The van der Waals surface area contributed by atoms with Crippen LogP contribution in [0.1, 0.15) is 44.6 Å². The van der Waals surface area contributed by atoms with Gasteiger partial charge in [0, 0.05) is 31.4 Å². The van der Waals surface area contributed by atoms with Crippen molar-refractivity contribution in [2.75, 3.05) is 13.1 Å². The summed E-state index contributed by atoms with van der Waals surface area (Å²) in [5, 5.41) is 0. The lowest BCUT2D eigenvalue weighted by molar-refractivity contribution is -0.136. The van der Waals surface area contributed by atoms with Gasteiger partial charge in [-0.1, -0.05) is 19.3 Å². The second kappa shape index (κ2) is 7.27. The van der Waals surface area contributed by atoms with Gasteiger partial charge in [-0.3, -0.25) is 9.78 Å². The van der Waals surface area contributed by atoms with Crippen LogP contribution in [0.25, 0.3) is 0 Å². The van der Waals surface area contributed by atoms with E-state index in [4.69, 9.17) is 0 Å². The average molecular weight is 260 g/mol. The topological polar surface area (TPSA) is 33.2 Å². The molecule has 1 aromatic rings. The molecule has 1 fully saturated rings. The molecule has 2 rings (SSSR count). The van der Waals surface area contributed by atoms with Crippen molar-refractivity contribution in [2.24, 2.45) is 5.92 Å². The van der Waals surface area contributed by atoms with Gasteiger partial charge in [0.1, 0.15) is 0 Å². The molecule has 3 heteroatoms. The Bertz CT molecular complexity index is 385. The molecule has 0 saturated heterocycles. The van der Waals surface area contributed by atoms with Gasteiger partial charge in [0.05, 0.1) is 0 Å². The molecule has 1 heterocycles. The maximum Gasteiger partial charge on any atom is 0.225 e. The average Bonchev–Trinajstić information content (AvgIpc) is 2.49. The number of carbonyl (C=O) groups is 1. The minimum absolute atomic E-state index is 0.283. The van der Waals surface area contributed by atoms with Crippen molar-refractivity contribution in [3.8, 4) is 0 Å². The molecule has 3 nitrogen and oxygen atoms in total. The highest BCUT2D eigenvalue weighted by Crippen LogP contribution is 2.25. The van der Waals surface area contributed by atoms with Crippen molar-refractivity contribution < 1.29 is 4.79 Å². The zero-order valence-corrected chi connectivity index (χ0v) is 11.8. The summed E-state index contributed by atoms with van der Waals surface area (Å²) in [6, 6.07) is 4.05. The highest BCUT2D eigenvalue weighted by atomic mass is 16.2. The summed E-state index contributed by atoms with van der Waals surface area (Å²) in [4.78, 5) is 18.5. The Morgan fingerprint density at radius 1 is 1.26 bits per heavy atom. The van der Waals surface area contributed by atoms with Gasteiger partial charge in [-0.2, -0.15) is 0 Å². The number of carbonyl (C=O) groups excluding carboxylic acids is 1. The third kappa shape index (κ3) is 4.05. The summed E-state index contributed by atoms with van der Waals surface area (Å²) >= 11 is 0. The smallest absolute Gasteiger partial charge is 0.225 e. The molecule has 0 bridgehead atoms. The molecule has 0 N–H and O–H groups in total. The molecule has 19 heavy (non-hydrogen) atoms. The fourth-order valence-corrected chi connectivity index (χ4v) is 2.85. The van der Waals surface area contributed by atoms with Crippen molar-refractivity contribution in [1.82, 2.24) is 9.88 Å². The highest BCUT2D eigenvalue weighted by Gasteiger charge is 2.24. The number of pyridine rings is 1. The van der Waals surface area contributed by atoms with Crippen LogP contribution in [0, 0.1) is 5.92 Å². The van der Waals surface area contributed by atoms with Crippen LogP contribution >= 0.6 is 0 Å². The van der Waals surface area contributed by atoms with Crippen LogP contribution < -0.4 is 0 Å². The van der Waals surface area contributed by atoms with Crippen molar-refractivity contribution in [3.63, 3.8) is 0 Å². The van der Waals surface area contributed by atoms with Crippen LogP contribution in [0.4, 0.5) is 0 Å². The maximum atomic E-state index is 12.5. The van der Waals surface area contributed by atoms with E-state index >= 15 is 0 Å². The van der Waals surface area contributed by atoms with Gasteiger partial charge < -0.3 is 4.90 Å². The molecule has 0 aliphatic heterocycles. The van der Waals surface area contributed by atoms with E-state index in [2.05, 4.69) is 11.9 Å². The normalized spacial score (nSPS) is 16.3. The monoisotopic (exact) mass is 260 g/mol. The Morgan fingerprint density at radius 3 is 2.58 bits per heavy atom. The summed E-state index contributed by atoms with van der Waals surface area (Å²) in [5.41, 5.74) is 1.25. The third-order valence-corrected chi connectivity index (χ3v) is 4.07. The summed E-state index contributed by atoms with van der Waals surface area (Å²) in [6.45, 7) is 3.73. The first-order valence-electron chi connectivity index (χ1n) is 7.49. The van der Waals surface area contributed by atoms with Crippen LogP contribution in [0.15, 0.2) is 24.5 Å². The number of nitrogens with zero attached hydrogens (tertiary/aromatic N) is 2. The lowest BCUT2D eigenvalue weighted by Gasteiger charge is -2.28. The number of rotatable bonds is 5. The van der Waals surface area contributed by atoms with Gasteiger partial charge in [0.15, 0.2) is 0 Å². The first kappa shape index (κ1) is 14.0. The third-order valence-electron chi connectivity index (χ3n) is 4.07. The highest BCUT2D eigenvalue weighted by molar-refractivity contribution is 5.78. The van der Waals surface area contributed by atoms with Crippen LogP contribution in [-0.2, 0) is 11.2 Å². The van der Waals surface area contributed by atoms with Crippen molar-refractivity contribution in [2.45, 2.75) is 45.4 Å². The molecule has 1 aliphatic rings. The summed E-state index contributed by atoms with van der Waals surface area (Å²) in [6.07, 6.45) is 10.5. The van der Waals surface area contributed by atoms with Gasteiger partial charge in [0.2, 0.25) is 5.91 Å². The Kier molecular flexibility index (Phi) is 5.37. The molecule has 1 saturated carbocycles. The zero-order chi connectivity index (χ0) is 13.5. The molecule has 0 unspecified atom stereocenters. The lowest BCUT2D eigenvalue weighted by Crippen LogP contribution is -2.38. The minimum Gasteiger partial charge on any atom is -0.342 e. The van der Waals surface area contributed by atoms with E-state index < -0.39 is 0 Å². The van der Waals surface area contributed by atoms with E-state index in [-0.39, 0.29) is 5.92 Å². The number of hydrogen-bond donors (Lipinski definition) is 0. The second-order valence-corrected chi connectivity index (χ2v) is 5.36. The van der Waals surface area contributed by atoms with Crippen molar-refractivity contribution >= 4 is 5.91 Å². The van der Waals surface area contributed by atoms with E-state index in [0.29, 0.717) is 5.91 Å². The fraction of sp³-hybridized carbons (Fsp3) is 0.625. The molecule has 104 valence electrons. The minimum atomic E-state index is 0.283. The summed E-state index contributed by atoms with van der Waals surface area (Å²) < 4.78 is 0. The van der Waals surface area contributed by atoms with Gasteiger partial charge in [-0.05, 0) is 43.9 Å². The number of aromatic nitrogens is 1. The molecule has 0 atom stereocenters. The quantitative estimate of drug-likeness (QED) is 0.815. The van der Waals surface area contributed by atoms with Crippen molar-refractivity contribution in [1.29, 1.82) is 0 Å². The zero-order valence-electron chi connectivity index (χ0n) is 11.8. The Hall–Kier alpha value is -1.38. The number of amides is 1. The molecular formula is C16H24N2O. The Labute approximate surface area is 116 Å². The van der Waals surface area contributed by atoms with Gasteiger partial charge in [0.25, 0.3) is 0 Å². The summed E-state index contributed by atoms with van der Waals surface area (Å²) in [7, 11) is 0. The van der Waals surface area contributed by atoms with Gasteiger partial charge >= 0.3 is 0 Å². The lowest BCUT2D eigenvalue weighted by atomic mass is 9.88. The molecule has 1 aliphatic carbocycles. The first-order chi connectivity index (χ1) is 9.31. The van der Waals surface area contributed by atoms with E-state index in [0.717, 1.165) is 32.4 Å². The Morgan fingerprint density at radius 2 is 1.95 bits per heavy atom. The molecular weight excluding hydrogens is 236 g/mol. The SMILES string of the molecule is CCN(CCc1ccncc1)C(=O)C1CCCCC1. The largest absolute Gasteiger partial charge is 0.342 e. The molecule has 0 aromatic carbocycles.